The summed E-state index contributed by atoms with van der Waals surface area (Å²) >= 11 is 0. The highest BCUT2D eigenvalue weighted by Crippen LogP contribution is 2.26. The van der Waals surface area contributed by atoms with Crippen LogP contribution in [-0.4, -0.2) is 4.98 Å². The van der Waals surface area contributed by atoms with E-state index in [0.717, 1.165) is 5.56 Å². The smallest absolute Gasteiger partial charge is 0.0670 e. The average Bonchev–Trinajstić information content (AvgIpc) is 2.62. The van der Waals surface area contributed by atoms with Crippen LogP contribution in [0.4, 0.5) is 0 Å². The van der Waals surface area contributed by atoms with Gasteiger partial charge in [-0.15, -0.1) is 0 Å². The molecule has 0 fully saturated rings. The van der Waals surface area contributed by atoms with Crippen LogP contribution < -0.4 is 0 Å². The fraction of sp³-hybridized carbons (Fsp3) is 0.308. The van der Waals surface area contributed by atoms with Gasteiger partial charge >= 0.3 is 0 Å². The molecule has 0 aliphatic rings. The third-order valence-electron chi connectivity index (χ3n) is 2.72. The van der Waals surface area contributed by atoms with Gasteiger partial charge in [0, 0.05) is 17.1 Å². The topological polar surface area (TPSA) is 39.6 Å². The molecule has 0 aliphatic heterocycles. The second-order valence-electron chi connectivity index (χ2n) is 4.07. The Hall–Kier alpha value is -1.75. The first kappa shape index (κ1) is 9.79. The maximum absolute atomic E-state index is 8.71. The molecular weight excluding hydrogens is 184 g/mol. The Bertz CT molecular complexity index is 515. The van der Waals surface area contributed by atoms with E-state index in [4.69, 9.17) is 5.26 Å². The molecule has 1 heterocycles. The molecule has 2 rings (SSSR count). The number of rotatable bonds is 2. The maximum atomic E-state index is 8.71. The largest absolute Gasteiger partial charge is 0.361 e. The van der Waals surface area contributed by atoms with Gasteiger partial charge < -0.3 is 4.98 Å². The molecule has 1 N–H and O–H groups in total. The van der Waals surface area contributed by atoms with E-state index in [-0.39, 0.29) is 0 Å². The predicted octanol–water partition coefficient (Wildman–Crippen LogP) is 3.36. The van der Waals surface area contributed by atoms with E-state index < -0.39 is 0 Å². The minimum atomic E-state index is 0.474. The summed E-state index contributed by atoms with van der Waals surface area (Å²) in [6.45, 7) is 4.36. The lowest BCUT2D eigenvalue weighted by Crippen LogP contribution is -1.88. The lowest BCUT2D eigenvalue weighted by molar-refractivity contribution is 0.873. The fourth-order valence-electron chi connectivity index (χ4n) is 1.95. The van der Waals surface area contributed by atoms with E-state index in [0.29, 0.717) is 12.3 Å². The van der Waals surface area contributed by atoms with E-state index in [1.165, 1.54) is 16.5 Å². The number of aromatic amines is 1. The quantitative estimate of drug-likeness (QED) is 0.789. The molecule has 0 atom stereocenters. The highest BCUT2D eigenvalue weighted by molar-refractivity contribution is 5.86. The number of benzene rings is 1. The van der Waals surface area contributed by atoms with E-state index in [1.54, 1.807) is 0 Å². The van der Waals surface area contributed by atoms with Crippen LogP contribution >= 0.6 is 0 Å². The van der Waals surface area contributed by atoms with Crippen LogP contribution in [0.25, 0.3) is 10.9 Å². The minimum Gasteiger partial charge on any atom is -0.361 e. The number of hydrogen-bond donors (Lipinski definition) is 1. The van der Waals surface area contributed by atoms with Crippen molar-refractivity contribution in [3.8, 4) is 6.07 Å². The Kier molecular flexibility index (Phi) is 2.47. The van der Waals surface area contributed by atoms with Crippen molar-refractivity contribution >= 4 is 10.9 Å². The summed E-state index contributed by atoms with van der Waals surface area (Å²) in [4.78, 5) is 3.27. The Labute approximate surface area is 89.5 Å². The first-order valence-corrected chi connectivity index (χ1v) is 5.20. The number of H-pyrrole nitrogens is 1. The van der Waals surface area contributed by atoms with Crippen molar-refractivity contribution < 1.29 is 0 Å². The Balaban J connectivity index is 2.64. The van der Waals surface area contributed by atoms with E-state index in [1.807, 2.05) is 6.20 Å². The molecule has 0 aliphatic carbocycles. The van der Waals surface area contributed by atoms with E-state index in [9.17, 15) is 0 Å². The zero-order valence-corrected chi connectivity index (χ0v) is 9.04. The van der Waals surface area contributed by atoms with Crippen molar-refractivity contribution in [3.05, 3.63) is 35.5 Å². The van der Waals surface area contributed by atoms with Crippen LogP contribution in [-0.2, 0) is 6.42 Å². The summed E-state index contributed by atoms with van der Waals surface area (Å²) in [6.07, 6.45) is 2.42. The standard InChI is InChI=1S/C13H14N2/c1-9(2)11-4-3-5-12-10(6-7-14)8-15-13(11)12/h3-5,8-9,15H,6H2,1-2H3. The van der Waals surface area contributed by atoms with Crippen molar-refractivity contribution in [1.29, 1.82) is 5.26 Å². The van der Waals surface area contributed by atoms with E-state index >= 15 is 0 Å². The molecule has 0 bridgehead atoms. The van der Waals surface area contributed by atoms with Gasteiger partial charge in [-0.3, -0.25) is 0 Å². The molecule has 15 heavy (non-hydrogen) atoms. The number of nitriles is 1. The van der Waals surface area contributed by atoms with Gasteiger partial charge in [-0.05, 0) is 17.0 Å². The molecule has 2 nitrogen and oxygen atoms in total. The summed E-state index contributed by atoms with van der Waals surface area (Å²) in [5.74, 6) is 0.502. The second kappa shape index (κ2) is 3.78. The third-order valence-corrected chi connectivity index (χ3v) is 2.72. The fourth-order valence-corrected chi connectivity index (χ4v) is 1.95. The van der Waals surface area contributed by atoms with Gasteiger partial charge in [0.05, 0.1) is 12.5 Å². The van der Waals surface area contributed by atoms with Gasteiger partial charge in [0.2, 0.25) is 0 Å². The normalized spacial score (nSPS) is 10.8. The molecule has 76 valence electrons. The minimum absolute atomic E-state index is 0.474. The summed E-state index contributed by atoms with van der Waals surface area (Å²) in [5, 5.41) is 9.90. The molecule has 0 spiro atoms. The van der Waals surface area contributed by atoms with Crippen molar-refractivity contribution in [2.24, 2.45) is 0 Å². The summed E-state index contributed by atoms with van der Waals surface area (Å²) in [7, 11) is 0. The molecule has 2 aromatic rings. The number of nitrogens with zero attached hydrogens (tertiary/aromatic N) is 1. The Morgan fingerprint density at radius 3 is 2.87 bits per heavy atom. The van der Waals surface area contributed by atoms with Gasteiger partial charge in [-0.25, -0.2) is 0 Å². The number of hydrogen-bond acceptors (Lipinski definition) is 1. The first-order valence-electron chi connectivity index (χ1n) is 5.20. The predicted molar refractivity (Wildman–Crippen MR) is 61.7 cm³/mol. The summed E-state index contributed by atoms with van der Waals surface area (Å²) in [6, 6.07) is 8.47. The summed E-state index contributed by atoms with van der Waals surface area (Å²) in [5.41, 5.74) is 3.59. The third kappa shape index (κ3) is 1.61. The molecule has 0 saturated heterocycles. The molecule has 0 saturated carbocycles. The van der Waals surface area contributed by atoms with Crippen LogP contribution in [0.2, 0.25) is 0 Å². The lowest BCUT2D eigenvalue weighted by Gasteiger charge is -2.06. The van der Waals surface area contributed by atoms with Gasteiger partial charge in [0.25, 0.3) is 0 Å². The average molecular weight is 198 g/mol. The molecule has 1 aromatic carbocycles. The number of aromatic nitrogens is 1. The zero-order valence-electron chi connectivity index (χ0n) is 9.04. The molecule has 2 heteroatoms. The van der Waals surface area contributed by atoms with Crippen molar-refractivity contribution in [2.45, 2.75) is 26.2 Å². The summed E-state index contributed by atoms with van der Waals surface area (Å²) < 4.78 is 0. The molecular formula is C13H14N2. The zero-order chi connectivity index (χ0) is 10.8. The first-order chi connectivity index (χ1) is 7.24. The van der Waals surface area contributed by atoms with Crippen LogP contribution in [0.15, 0.2) is 24.4 Å². The highest BCUT2D eigenvalue weighted by Gasteiger charge is 2.08. The Morgan fingerprint density at radius 1 is 1.40 bits per heavy atom. The lowest BCUT2D eigenvalue weighted by atomic mass is 9.99. The monoisotopic (exact) mass is 198 g/mol. The molecule has 0 radical (unpaired) electrons. The molecule has 0 unspecified atom stereocenters. The number of fused-ring (bicyclic) bond motifs is 1. The highest BCUT2D eigenvalue weighted by atomic mass is 14.7. The van der Waals surface area contributed by atoms with Crippen molar-refractivity contribution in [2.75, 3.05) is 0 Å². The van der Waals surface area contributed by atoms with Gasteiger partial charge in [0.1, 0.15) is 0 Å². The van der Waals surface area contributed by atoms with Gasteiger partial charge in [-0.1, -0.05) is 32.0 Å². The van der Waals surface area contributed by atoms with Gasteiger partial charge in [0.15, 0.2) is 0 Å². The van der Waals surface area contributed by atoms with Crippen LogP contribution in [0, 0.1) is 11.3 Å². The van der Waals surface area contributed by atoms with Crippen LogP contribution in [0.5, 0.6) is 0 Å². The van der Waals surface area contributed by atoms with Gasteiger partial charge in [-0.2, -0.15) is 5.26 Å². The second-order valence-corrected chi connectivity index (χ2v) is 4.07. The van der Waals surface area contributed by atoms with Crippen LogP contribution in [0.3, 0.4) is 0 Å². The molecule has 0 amide bonds. The Morgan fingerprint density at radius 2 is 2.20 bits per heavy atom. The maximum Gasteiger partial charge on any atom is 0.0670 e. The van der Waals surface area contributed by atoms with Crippen molar-refractivity contribution in [1.82, 2.24) is 4.98 Å². The number of nitrogens with one attached hydrogen (secondary N) is 1. The number of para-hydroxylation sites is 1. The van der Waals surface area contributed by atoms with Crippen LogP contribution in [0.1, 0.15) is 30.9 Å². The SMILES string of the molecule is CC(C)c1cccc2c(CC#N)c[nH]c12. The van der Waals surface area contributed by atoms with Crippen molar-refractivity contribution in [3.63, 3.8) is 0 Å². The van der Waals surface area contributed by atoms with E-state index in [2.05, 4.69) is 43.1 Å². The molecule has 1 aromatic heterocycles.